The lowest BCUT2D eigenvalue weighted by Gasteiger charge is -2.46. The molecule has 2 aromatic rings. The van der Waals surface area contributed by atoms with Crippen LogP contribution in [0.3, 0.4) is 0 Å². The lowest BCUT2D eigenvalue weighted by atomic mass is 10.0. The van der Waals surface area contributed by atoms with Crippen molar-refractivity contribution >= 4 is 17.5 Å². The lowest BCUT2D eigenvalue weighted by molar-refractivity contribution is -0.122. The molecule has 0 spiro atoms. The molecule has 3 aliphatic rings. The molecule has 10 nitrogen and oxygen atoms in total. The standard InChI is InChI=1S/C32H45FN6O4/c1-6-34-31(41)30-25(11-24-7-9-26(33)10-8-24)12-28-32(36-30)43-19-23(5)39(28)29(40)16-37-14-20(2)35-13-27(37)15-38-21(3)17-42-18-22(38)4/h7-10,12,20-23,27,35H,6,11,13-19H2,1-5H3,(H,34,41)/t20-,21-,22-,23+,27-/m1/s1. The van der Waals surface area contributed by atoms with E-state index < -0.39 is 0 Å². The molecule has 2 saturated heterocycles. The number of carbonyl (C=O) groups excluding carboxylic acids is 2. The fraction of sp³-hybridized carbons (Fsp3) is 0.594. The highest BCUT2D eigenvalue weighted by Crippen LogP contribution is 2.35. The van der Waals surface area contributed by atoms with Crippen molar-refractivity contribution < 1.29 is 23.5 Å². The van der Waals surface area contributed by atoms with Crippen LogP contribution in [0.15, 0.2) is 30.3 Å². The number of piperazine rings is 1. The molecule has 11 heteroatoms. The summed E-state index contributed by atoms with van der Waals surface area (Å²) < 4.78 is 25.3. The minimum Gasteiger partial charge on any atom is -0.474 e. The molecule has 0 bridgehead atoms. The van der Waals surface area contributed by atoms with E-state index in [9.17, 15) is 14.0 Å². The summed E-state index contributed by atoms with van der Waals surface area (Å²) in [5.74, 6) is -0.392. The lowest BCUT2D eigenvalue weighted by Crippen LogP contribution is -2.63. The van der Waals surface area contributed by atoms with Crippen LogP contribution in [0.2, 0.25) is 0 Å². The zero-order valence-corrected chi connectivity index (χ0v) is 25.9. The number of pyridine rings is 1. The molecule has 0 unspecified atom stereocenters. The second kappa shape index (κ2) is 13.7. The summed E-state index contributed by atoms with van der Waals surface area (Å²) in [6, 6.07) is 8.89. The van der Waals surface area contributed by atoms with Gasteiger partial charge in [0.05, 0.1) is 25.8 Å². The Hall–Kier alpha value is -3.12. The predicted octanol–water partition coefficient (Wildman–Crippen LogP) is 2.45. The van der Waals surface area contributed by atoms with Crippen LogP contribution in [-0.4, -0.2) is 109 Å². The van der Waals surface area contributed by atoms with Gasteiger partial charge in [0.25, 0.3) is 5.91 Å². The largest absolute Gasteiger partial charge is 0.474 e. The van der Waals surface area contributed by atoms with Crippen molar-refractivity contribution in [2.45, 2.75) is 71.2 Å². The van der Waals surface area contributed by atoms with Crippen molar-refractivity contribution in [1.82, 2.24) is 25.4 Å². The van der Waals surface area contributed by atoms with E-state index in [4.69, 9.17) is 9.47 Å². The molecule has 1 aromatic heterocycles. The summed E-state index contributed by atoms with van der Waals surface area (Å²) in [6.07, 6.45) is 0.358. The molecule has 0 saturated carbocycles. The average molecular weight is 597 g/mol. The van der Waals surface area contributed by atoms with Crippen molar-refractivity contribution in [2.75, 3.05) is 57.4 Å². The number of rotatable bonds is 8. The van der Waals surface area contributed by atoms with Crippen LogP contribution in [0, 0.1) is 5.82 Å². The van der Waals surface area contributed by atoms with E-state index in [1.807, 2.05) is 19.9 Å². The Morgan fingerprint density at radius 3 is 2.49 bits per heavy atom. The summed E-state index contributed by atoms with van der Waals surface area (Å²) >= 11 is 0. The average Bonchev–Trinajstić information content (AvgIpc) is 2.97. The number of morpholine rings is 1. The molecule has 3 aliphatic heterocycles. The van der Waals surface area contributed by atoms with Crippen molar-refractivity contribution in [3.05, 3.63) is 53.0 Å². The van der Waals surface area contributed by atoms with E-state index in [0.717, 1.165) is 25.2 Å². The first-order chi connectivity index (χ1) is 20.6. The van der Waals surface area contributed by atoms with E-state index in [2.05, 4.69) is 46.2 Å². The van der Waals surface area contributed by atoms with Gasteiger partial charge in [-0.15, -0.1) is 0 Å². The number of fused-ring (bicyclic) bond motifs is 1. The second-order valence-corrected chi connectivity index (χ2v) is 12.2. The van der Waals surface area contributed by atoms with Gasteiger partial charge in [-0.25, -0.2) is 9.37 Å². The van der Waals surface area contributed by atoms with E-state index in [1.54, 1.807) is 17.0 Å². The predicted molar refractivity (Wildman–Crippen MR) is 163 cm³/mol. The molecular formula is C32H45FN6O4. The highest BCUT2D eigenvalue weighted by Gasteiger charge is 2.37. The van der Waals surface area contributed by atoms with Gasteiger partial charge >= 0.3 is 0 Å². The minimum absolute atomic E-state index is 0.0282. The van der Waals surface area contributed by atoms with Crippen LogP contribution in [0.25, 0.3) is 0 Å². The molecule has 234 valence electrons. The van der Waals surface area contributed by atoms with E-state index >= 15 is 0 Å². The summed E-state index contributed by atoms with van der Waals surface area (Å²) in [5.41, 5.74) is 2.29. The van der Waals surface area contributed by atoms with Gasteiger partial charge in [-0.3, -0.25) is 19.4 Å². The van der Waals surface area contributed by atoms with Gasteiger partial charge in [-0.05, 0) is 70.4 Å². The van der Waals surface area contributed by atoms with Gasteiger partial charge in [-0.2, -0.15) is 0 Å². The van der Waals surface area contributed by atoms with Crippen LogP contribution in [-0.2, 0) is 16.0 Å². The number of benzene rings is 1. The minimum atomic E-state index is -0.326. The second-order valence-electron chi connectivity index (χ2n) is 12.2. The maximum atomic E-state index is 14.2. The fourth-order valence-corrected chi connectivity index (χ4v) is 6.39. The monoisotopic (exact) mass is 596 g/mol. The molecule has 4 heterocycles. The maximum Gasteiger partial charge on any atom is 0.270 e. The number of carbonyl (C=O) groups is 2. The third-order valence-electron chi connectivity index (χ3n) is 8.68. The number of hydrogen-bond acceptors (Lipinski definition) is 8. The van der Waals surface area contributed by atoms with Crippen LogP contribution in [0.1, 0.15) is 56.2 Å². The number of aromatic nitrogens is 1. The topological polar surface area (TPSA) is 99.3 Å². The number of amides is 2. The number of anilines is 1. The smallest absolute Gasteiger partial charge is 0.270 e. The Bertz CT molecular complexity index is 1280. The van der Waals surface area contributed by atoms with Crippen molar-refractivity contribution in [3.63, 3.8) is 0 Å². The Morgan fingerprint density at radius 1 is 1.07 bits per heavy atom. The molecule has 2 N–H and O–H groups in total. The SMILES string of the molecule is CCNC(=O)c1nc2c(cc1Cc1ccc(F)cc1)N(C(=O)CN1C[C@@H](C)NC[C@@H]1CN1[C@H](C)COC[C@H]1C)[C@@H](C)CO2. The number of nitrogens with zero attached hydrogens (tertiary/aromatic N) is 4. The fourth-order valence-electron chi connectivity index (χ4n) is 6.39. The van der Waals surface area contributed by atoms with E-state index in [-0.39, 0.29) is 60.5 Å². The summed E-state index contributed by atoms with van der Waals surface area (Å²) in [6.45, 7) is 15.2. The van der Waals surface area contributed by atoms with Gasteiger partial charge in [0.1, 0.15) is 23.8 Å². The zero-order valence-electron chi connectivity index (χ0n) is 25.9. The van der Waals surface area contributed by atoms with E-state index in [1.165, 1.54) is 12.1 Å². The molecule has 1 aromatic carbocycles. The normalized spacial score (nSPS) is 26.5. The molecule has 5 atom stereocenters. The number of hydrogen-bond donors (Lipinski definition) is 2. The number of nitrogens with one attached hydrogen (secondary N) is 2. The van der Waals surface area contributed by atoms with Gasteiger partial charge in [0.15, 0.2) is 0 Å². The molecule has 0 aliphatic carbocycles. The van der Waals surface area contributed by atoms with E-state index in [0.29, 0.717) is 49.5 Å². The van der Waals surface area contributed by atoms with Crippen molar-refractivity contribution in [1.29, 1.82) is 0 Å². The maximum absolute atomic E-state index is 14.2. The Kier molecular flexibility index (Phi) is 9.95. The van der Waals surface area contributed by atoms with Crippen LogP contribution in [0.4, 0.5) is 10.1 Å². The van der Waals surface area contributed by atoms with Crippen molar-refractivity contribution in [2.24, 2.45) is 0 Å². The van der Waals surface area contributed by atoms with Gasteiger partial charge < -0.3 is 25.0 Å². The Balaban J connectivity index is 1.42. The molecule has 43 heavy (non-hydrogen) atoms. The Labute approximate surface area is 253 Å². The molecule has 2 fully saturated rings. The number of halogens is 1. The third-order valence-corrected chi connectivity index (χ3v) is 8.68. The van der Waals surface area contributed by atoms with Crippen LogP contribution >= 0.6 is 0 Å². The van der Waals surface area contributed by atoms with Gasteiger partial charge in [-0.1, -0.05) is 12.1 Å². The molecular weight excluding hydrogens is 551 g/mol. The first kappa shape index (κ1) is 31.3. The van der Waals surface area contributed by atoms with Crippen molar-refractivity contribution in [3.8, 4) is 5.88 Å². The first-order valence-corrected chi connectivity index (χ1v) is 15.5. The molecule has 5 rings (SSSR count). The van der Waals surface area contributed by atoms with Crippen LogP contribution in [0.5, 0.6) is 5.88 Å². The molecule has 0 radical (unpaired) electrons. The molecule has 2 amide bonds. The zero-order chi connectivity index (χ0) is 30.7. The quantitative estimate of drug-likeness (QED) is 0.480. The van der Waals surface area contributed by atoms with Gasteiger partial charge in [0, 0.05) is 50.3 Å². The summed E-state index contributed by atoms with van der Waals surface area (Å²) in [5, 5.41) is 6.43. The first-order valence-electron chi connectivity index (χ1n) is 15.5. The summed E-state index contributed by atoms with van der Waals surface area (Å²) in [4.78, 5) is 38.4. The van der Waals surface area contributed by atoms with Crippen LogP contribution < -0.4 is 20.3 Å². The number of ether oxygens (including phenoxy) is 2. The summed E-state index contributed by atoms with van der Waals surface area (Å²) in [7, 11) is 0. The van der Waals surface area contributed by atoms with Gasteiger partial charge in [0.2, 0.25) is 11.8 Å². The Morgan fingerprint density at radius 2 is 1.79 bits per heavy atom. The highest BCUT2D eigenvalue weighted by molar-refractivity contribution is 5.99. The third kappa shape index (κ3) is 7.17. The highest BCUT2D eigenvalue weighted by atomic mass is 19.1.